The van der Waals surface area contributed by atoms with Crippen molar-refractivity contribution in [1.82, 2.24) is 4.90 Å². The first-order chi connectivity index (χ1) is 8.72. The highest BCUT2D eigenvalue weighted by molar-refractivity contribution is 5.82. The molecule has 0 saturated carbocycles. The molecule has 2 aliphatic rings. The van der Waals surface area contributed by atoms with Crippen molar-refractivity contribution in [2.24, 2.45) is 0 Å². The second-order valence-corrected chi connectivity index (χ2v) is 4.10. The lowest BCUT2D eigenvalue weighted by atomic mass is 10.2. The van der Waals surface area contributed by atoms with E-state index in [1.165, 1.54) is 7.11 Å². The van der Waals surface area contributed by atoms with Gasteiger partial charge in [0.15, 0.2) is 12.2 Å². The number of methoxy groups -OCH3 is 1. The standard InChI is InChI=1S/C11H17NO6/c1-15-11(14)8-6-12(2-3-17-8)10(13)9-7-16-4-5-18-9/h8-9H,2-7H2,1H3. The van der Waals surface area contributed by atoms with Gasteiger partial charge in [-0.15, -0.1) is 0 Å². The van der Waals surface area contributed by atoms with Crippen LogP contribution in [0.3, 0.4) is 0 Å². The molecule has 2 saturated heterocycles. The first kappa shape index (κ1) is 13.3. The second-order valence-electron chi connectivity index (χ2n) is 4.10. The molecule has 0 N–H and O–H groups in total. The van der Waals surface area contributed by atoms with E-state index in [-0.39, 0.29) is 19.1 Å². The minimum absolute atomic E-state index is 0.160. The molecule has 0 radical (unpaired) electrons. The maximum absolute atomic E-state index is 12.1. The summed E-state index contributed by atoms with van der Waals surface area (Å²) in [5.74, 6) is -0.625. The van der Waals surface area contributed by atoms with Crippen molar-refractivity contribution in [2.45, 2.75) is 12.2 Å². The molecule has 2 heterocycles. The van der Waals surface area contributed by atoms with Gasteiger partial charge in [0.1, 0.15) is 0 Å². The van der Waals surface area contributed by atoms with E-state index in [1.54, 1.807) is 4.90 Å². The van der Waals surface area contributed by atoms with Crippen LogP contribution in [0, 0.1) is 0 Å². The van der Waals surface area contributed by atoms with Gasteiger partial charge >= 0.3 is 5.97 Å². The fourth-order valence-electron chi connectivity index (χ4n) is 1.96. The first-order valence-electron chi connectivity index (χ1n) is 5.90. The number of amides is 1. The van der Waals surface area contributed by atoms with Crippen LogP contribution in [0.4, 0.5) is 0 Å². The van der Waals surface area contributed by atoms with Gasteiger partial charge in [0, 0.05) is 6.54 Å². The summed E-state index contributed by atoms with van der Waals surface area (Å²) in [6.45, 7) is 2.16. The zero-order valence-electron chi connectivity index (χ0n) is 10.3. The molecule has 2 atom stereocenters. The third kappa shape index (κ3) is 2.98. The Balaban J connectivity index is 1.91. The highest BCUT2D eigenvalue weighted by atomic mass is 16.6. The number of carbonyl (C=O) groups is 2. The van der Waals surface area contributed by atoms with Crippen LogP contribution in [0.1, 0.15) is 0 Å². The molecule has 2 fully saturated rings. The summed E-state index contributed by atoms with van der Waals surface area (Å²) in [4.78, 5) is 25.1. The molecule has 1 amide bonds. The summed E-state index contributed by atoms with van der Waals surface area (Å²) >= 11 is 0. The predicted molar refractivity (Wildman–Crippen MR) is 58.9 cm³/mol. The zero-order valence-corrected chi connectivity index (χ0v) is 10.3. The lowest BCUT2D eigenvalue weighted by molar-refractivity contribution is -0.171. The minimum Gasteiger partial charge on any atom is -0.467 e. The van der Waals surface area contributed by atoms with Crippen LogP contribution in [0.25, 0.3) is 0 Å². The highest BCUT2D eigenvalue weighted by Gasteiger charge is 2.34. The number of rotatable bonds is 2. The molecule has 0 bridgehead atoms. The van der Waals surface area contributed by atoms with Gasteiger partial charge in [-0.1, -0.05) is 0 Å². The quantitative estimate of drug-likeness (QED) is 0.580. The molecule has 0 aromatic heterocycles. The number of carbonyl (C=O) groups excluding carboxylic acids is 2. The second kappa shape index (κ2) is 6.12. The fourth-order valence-corrected chi connectivity index (χ4v) is 1.96. The third-order valence-electron chi connectivity index (χ3n) is 2.93. The van der Waals surface area contributed by atoms with Gasteiger partial charge in [-0.3, -0.25) is 4.79 Å². The SMILES string of the molecule is COC(=O)C1CN(C(=O)C2COCCO2)CCO1. The molecule has 0 aromatic carbocycles. The molecular weight excluding hydrogens is 242 g/mol. The number of nitrogens with zero attached hydrogens (tertiary/aromatic N) is 1. The molecule has 2 unspecified atom stereocenters. The van der Waals surface area contributed by atoms with Crippen LogP contribution in [0.15, 0.2) is 0 Å². The predicted octanol–water partition coefficient (Wildman–Crippen LogP) is -1.20. The Labute approximate surface area is 105 Å². The van der Waals surface area contributed by atoms with E-state index in [0.717, 1.165) is 0 Å². The van der Waals surface area contributed by atoms with Gasteiger partial charge in [-0.2, -0.15) is 0 Å². The third-order valence-corrected chi connectivity index (χ3v) is 2.93. The molecule has 102 valence electrons. The maximum Gasteiger partial charge on any atom is 0.336 e. The lowest BCUT2D eigenvalue weighted by Crippen LogP contribution is -2.53. The van der Waals surface area contributed by atoms with Crippen molar-refractivity contribution in [1.29, 1.82) is 0 Å². The van der Waals surface area contributed by atoms with Crippen molar-refractivity contribution in [3.8, 4) is 0 Å². The minimum atomic E-state index is -0.711. The van der Waals surface area contributed by atoms with E-state index in [1.807, 2.05) is 0 Å². The molecular formula is C11H17NO6. The summed E-state index contributed by atoms with van der Waals surface area (Å²) in [6, 6.07) is 0. The Kier molecular flexibility index (Phi) is 4.51. The topological polar surface area (TPSA) is 74.3 Å². The Morgan fingerprint density at radius 1 is 1.17 bits per heavy atom. The first-order valence-corrected chi connectivity index (χ1v) is 5.90. The van der Waals surface area contributed by atoms with E-state index < -0.39 is 18.2 Å². The summed E-state index contributed by atoms with van der Waals surface area (Å²) < 4.78 is 20.4. The van der Waals surface area contributed by atoms with Gasteiger partial charge in [-0.05, 0) is 0 Å². The summed E-state index contributed by atoms with van der Waals surface area (Å²) in [6.07, 6.45) is -1.28. The monoisotopic (exact) mass is 259 g/mol. The Hall–Kier alpha value is -1.18. The van der Waals surface area contributed by atoms with Gasteiger partial charge < -0.3 is 23.8 Å². The van der Waals surface area contributed by atoms with Crippen LogP contribution in [0.5, 0.6) is 0 Å². The number of hydrogen-bond acceptors (Lipinski definition) is 6. The van der Waals surface area contributed by atoms with Crippen LogP contribution in [0.2, 0.25) is 0 Å². The van der Waals surface area contributed by atoms with Crippen molar-refractivity contribution < 1.29 is 28.5 Å². The maximum atomic E-state index is 12.1. The van der Waals surface area contributed by atoms with Crippen LogP contribution < -0.4 is 0 Å². The molecule has 7 heteroatoms. The molecule has 0 spiro atoms. The van der Waals surface area contributed by atoms with Crippen molar-refractivity contribution >= 4 is 11.9 Å². The smallest absolute Gasteiger partial charge is 0.336 e. The van der Waals surface area contributed by atoms with Crippen LogP contribution in [-0.4, -0.2) is 75.6 Å². The van der Waals surface area contributed by atoms with E-state index >= 15 is 0 Å². The largest absolute Gasteiger partial charge is 0.467 e. The Morgan fingerprint density at radius 3 is 2.61 bits per heavy atom. The highest BCUT2D eigenvalue weighted by Crippen LogP contribution is 2.11. The van der Waals surface area contributed by atoms with E-state index in [4.69, 9.17) is 14.2 Å². The van der Waals surface area contributed by atoms with Gasteiger partial charge in [0.2, 0.25) is 0 Å². The Morgan fingerprint density at radius 2 is 1.94 bits per heavy atom. The summed E-state index contributed by atoms with van der Waals surface area (Å²) in [5.41, 5.74) is 0. The molecule has 7 nitrogen and oxygen atoms in total. The fraction of sp³-hybridized carbons (Fsp3) is 0.818. The number of ether oxygens (including phenoxy) is 4. The molecule has 2 rings (SSSR count). The van der Waals surface area contributed by atoms with Crippen molar-refractivity contribution in [2.75, 3.05) is 46.6 Å². The molecule has 2 aliphatic heterocycles. The zero-order chi connectivity index (χ0) is 13.0. The van der Waals surface area contributed by atoms with Crippen LogP contribution in [-0.2, 0) is 28.5 Å². The summed E-state index contributed by atoms with van der Waals surface area (Å²) in [5, 5.41) is 0. The van der Waals surface area contributed by atoms with E-state index in [2.05, 4.69) is 4.74 Å². The Bertz CT molecular complexity index is 315. The number of esters is 1. The molecule has 0 aromatic rings. The molecule has 18 heavy (non-hydrogen) atoms. The van der Waals surface area contributed by atoms with Gasteiger partial charge in [-0.25, -0.2) is 4.79 Å². The average molecular weight is 259 g/mol. The number of hydrogen-bond donors (Lipinski definition) is 0. The van der Waals surface area contributed by atoms with Crippen molar-refractivity contribution in [3.63, 3.8) is 0 Å². The number of morpholine rings is 1. The lowest BCUT2D eigenvalue weighted by Gasteiger charge is -2.34. The van der Waals surface area contributed by atoms with Gasteiger partial charge in [0.25, 0.3) is 5.91 Å². The van der Waals surface area contributed by atoms with Crippen molar-refractivity contribution in [3.05, 3.63) is 0 Å². The van der Waals surface area contributed by atoms with Crippen LogP contribution >= 0.6 is 0 Å². The van der Waals surface area contributed by atoms with Gasteiger partial charge in [0.05, 0.1) is 40.1 Å². The van der Waals surface area contributed by atoms with E-state index in [9.17, 15) is 9.59 Å². The normalized spacial score (nSPS) is 28.8. The summed E-state index contributed by atoms with van der Waals surface area (Å²) in [7, 11) is 1.30. The average Bonchev–Trinajstić information content (AvgIpc) is 2.46. The van der Waals surface area contributed by atoms with E-state index in [0.29, 0.717) is 26.4 Å². The molecule has 0 aliphatic carbocycles.